The second kappa shape index (κ2) is 12.4. The van der Waals surface area contributed by atoms with Crippen molar-refractivity contribution in [1.29, 1.82) is 0 Å². The van der Waals surface area contributed by atoms with Gasteiger partial charge in [0, 0.05) is 41.9 Å². The number of carbonyl (C=O) groups excluding carboxylic acids is 1. The molecule has 0 radical (unpaired) electrons. The number of rotatable bonds is 7. The van der Waals surface area contributed by atoms with E-state index in [1.807, 2.05) is 30.3 Å². The molecule has 7 nitrogen and oxygen atoms in total. The van der Waals surface area contributed by atoms with Gasteiger partial charge in [-0.1, -0.05) is 15.9 Å². The number of amides is 1. The van der Waals surface area contributed by atoms with Gasteiger partial charge in [-0.05, 0) is 36.4 Å². The average Bonchev–Trinajstić information content (AvgIpc) is 2.70. The van der Waals surface area contributed by atoms with Crippen molar-refractivity contribution in [1.82, 2.24) is 10.6 Å². The molecule has 0 atom stereocenters. The Hall–Kier alpha value is -2.01. The van der Waals surface area contributed by atoms with E-state index in [0.717, 1.165) is 10.2 Å². The summed E-state index contributed by atoms with van der Waals surface area (Å²) >= 11 is 3.35. The van der Waals surface area contributed by atoms with E-state index >= 15 is 0 Å². The van der Waals surface area contributed by atoms with Crippen LogP contribution in [0.15, 0.2) is 51.9 Å². The number of aliphatic imine (C=N–C) groups is 1. The average molecular weight is 563 g/mol. The Kier molecular flexibility index (Phi) is 10.7. The summed E-state index contributed by atoms with van der Waals surface area (Å²) in [6, 6.07) is 12.7. The lowest BCUT2D eigenvalue weighted by molar-refractivity contribution is 0.0954. The monoisotopic (exact) mass is 562 g/mol. The summed E-state index contributed by atoms with van der Waals surface area (Å²) in [6.45, 7) is 0.983. The van der Waals surface area contributed by atoms with Crippen molar-refractivity contribution in [2.24, 2.45) is 4.99 Å². The summed E-state index contributed by atoms with van der Waals surface area (Å²) in [5.41, 5.74) is 1.42. The molecule has 0 saturated carbocycles. The number of ether oxygens (including phenoxy) is 2. The molecule has 2 aromatic rings. The van der Waals surface area contributed by atoms with Gasteiger partial charge in [0.25, 0.3) is 5.91 Å². The topological polar surface area (TPSA) is 84.0 Å². The normalized spacial score (nSPS) is 10.5. The molecule has 0 aliphatic heterocycles. The predicted molar refractivity (Wildman–Crippen MR) is 126 cm³/mol. The lowest BCUT2D eigenvalue weighted by Gasteiger charge is -2.14. The fraction of sp³-hybridized carbons (Fsp3) is 0.263. The molecule has 0 spiro atoms. The Balaban J connectivity index is 0.00000392. The van der Waals surface area contributed by atoms with Gasteiger partial charge in [-0.3, -0.25) is 9.79 Å². The van der Waals surface area contributed by atoms with Gasteiger partial charge in [0.1, 0.15) is 0 Å². The van der Waals surface area contributed by atoms with Crippen molar-refractivity contribution in [2.45, 2.75) is 0 Å². The van der Waals surface area contributed by atoms with Crippen molar-refractivity contribution in [3.63, 3.8) is 0 Å². The van der Waals surface area contributed by atoms with Gasteiger partial charge in [0.2, 0.25) is 0 Å². The molecule has 2 aromatic carbocycles. The SMILES string of the molecule is CN=C(NCCNC(=O)c1ccc(Br)cc1)Nc1ccc(OC)c(OC)c1.I. The highest BCUT2D eigenvalue weighted by Gasteiger charge is 2.07. The first-order valence-electron chi connectivity index (χ1n) is 8.31. The molecule has 152 valence electrons. The fourth-order valence-corrected chi connectivity index (χ4v) is 2.55. The van der Waals surface area contributed by atoms with Crippen LogP contribution >= 0.6 is 39.9 Å². The van der Waals surface area contributed by atoms with E-state index in [0.29, 0.717) is 36.1 Å². The maximum atomic E-state index is 12.1. The summed E-state index contributed by atoms with van der Waals surface area (Å²) in [4.78, 5) is 16.2. The Morgan fingerprint density at radius 1 is 1.00 bits per heavy atom. The third kappa shape index (κ3) is 7.19. The first-order valence-corrected chi connectivity index (χ1v) is 9.10. The zero-order valence-corrected chi connectivity index (χ0v) is 19.8. The van der Waals surface area contributed by atoms with E-state index in [1.54, 1.807) is 33.4 Å². The fourth-order valence-electron chi connectivity index (χ4n) is 2.29. The number of methoxy groups -OCH3 is 2. The molecular weight excluding hydrogens is 539 g/mol. The smallest absolute Gasteiger partial charge is 0.251 e. The van der Waals surface area contributed by atoms with E-state index in [4.69, 9.17) is 9.47 Å². The van der Waals surface area contributed by atoms with E-state index in [2.05, 4.69) is 36.9 Å². The first kappa shape index (κ1) is 24.0. The molecule has 3 N–H and O–H groups in total. The van der Waals surface area contributed by atoms with Crippen molar-refractivity contribution >= 4 is 57.5 Å². The van der Waals surface area contributed by atoms with Crippen LogP contribution in [0.25, 0.3) is 0 Å². The summed E-state index contributed by atoms with van der Waals surface area (Å²) in [5, 5.41) is 9.17. The summed E-state index contributed by atoms with van der Waals surface area (Å²) in [5.74, 6) is 1.74. The quantitative estimate of drug-likeness (QED) is 0.208. The number of benzene rings is 2. The minimum absolute atomic E-state index is 0. The highest BCUT2D eigenvalue weighted by molar-refractivity contribution is 14.0. The summed E-state index contributed by atoms with van der Waals surface area (Å²) in [7, 11) is 4.85. The molecule has 1 amide bonds. The minimum atomic E-state index is -0.118. The summed E-state index contributed by atoms with van der Waals surface area (Å²) < 4.78 is 11.5. The van der Waals surface area contributed by atoms with Gasteiger partial charge in [-0.25, -0.2) is 0 Å². The predicted octanol–water partition coefficient (Wildman–Crippen LogP) is 3.50. The Morgan fingerprint density at radius 3 is 2.25 bits per heavy atom. The number of carbonyl (C=O) groups is 1. The highest BCUT2D eigenvalue weighted by Crippen LogP contribution is 2.29. The van der Waals surface area contributed by atoms with Crippen LogP contribution in [0.2, 0.25) is 0 Å². The van der Waals surface area contributed by atoms with Crippen LogP contribution in [0.4, 0.5) is 5.69 Å². The number of anilines is 1. The van der Waals surface area contributed by atoms with Crippen LogP contribution in [0.5, 0.6) is 11.5 Å². The third-order valence-corrected chi connectivity index (χ3v) is 4.21. The van der Waals surface area contributed by atoms with Crippen molar-refractivity contribution in [3.8, 4) is 11.5 Å². The van der Waals surface area contributed by atoms with Gasteiger partial charge in [-0.15, -0.1) is 24.0 Å². The molecule has 0 aliphatic carbocycles. The van der Waals surface area contributed by atoms with Crippen LogP contribution in [0.3, 0.4) is 0 Å². The standard InChI is InChI=1S/C19H23BrN4O3.HI/c1-21-19(24-15-8-9-16(26-2)17(12-15)27-3)23-11-10-22-18(25)13-4-6-14(20)7-5-13;/h4-9,12H,10-11H2,1-3H3,(H,22,25)(H2,21,23,24);1H. The van der Waals surface area contributed by atoms with Gasteiger partial charge in [0.15, 0.2) is 17.5 Å². The van der Waals surface area contributed by atoms with Crippen molar-refractivity contribution in [2.75, 3.05) is 39.7 Å². The lowest BCUT2D eigenvalue weighted by atomic mass is 10.2. The molecule has 0 aromatic heterocycles. The van der Waals surface area contributed by atoms with Crippen molar-refractivity contribution < 1.29 is 14.3 Å². The maximum absolute atomic E-state index is 12.1. The van der Waals surface area contributed by atoms with Crippen LogP contribution in [0, 0.1) is 0 Å². The second-order valence-corrected chi connectivity index (χ2v) is 6.37. The molecule has 2 rings (SSSR count). The van der Waals surface area contributed by atoms with E-state index in [1.165, 1.54) is 0 Å². The largest absolute Gasteiger partial charge is 0.493 e. The minimum Gasteiger partial charge on any atom is -0.493 e. The van der Waals surface area contributed by atoms with E-state index < -0.39 is 0 Å². The number of hydrogen-bond donors (Lipinski definition) is 3. The number of guanidine groups is 1. The van der Waals surface area contributed by atoms with Gasteiger partial charge in [0.05, 0.1) is 14.2 Å². The van der Waals surface area contributed by atoms with E-state index in [9.17, 15) is 4.79 Å². The molecule has 9 heteroatoms. The molecular formula is C19H24BrIN4O3. The number of nitrogens with zero attached hydrogens (tertiary/aromatic N) is 1. The van der Waals surface area contributed by atoms with Crippen molar-refractivity contribution in [3.05, 3.63) is 52.5 Å². The van der Waals surface area contributed by atoms with Crippen LogP contribution in [0.1, 0.15) is 10.4 Å². The number of nitrogens with one attached hydrogen (secondary N) is 3. The van der Waals surface area contributed by atoms with Gasteiger partial charge >= 0.3 is 0 Å². The zero-order valence-electron chi connectivity index (χ0n) is 15.9. The second-order valence-electron chi connectivity index (χ2n) is 5.46. The lowest BCUT2D eigenvalue weighted by Crippen LogP contribution is -2.37. The number of halogens is 2. The summed E-state index contributed by atoms with van der Waals surface area (Å²) in [6.07, 6.45) is 0. The van der Waals surface area contributed by atoms with E-state index in [-0.39, 0.29) is 29.9 Å². The maximum Gasteiger partial charge on any atom is 0.251 e. The number of hydrogen-bond acceptors (Lipinski definition) is 4. The molecule has 28 heavy (non-hydrogen) atoms. The van der Waals surface area contributed by atoms with Gasteiger partial charge in [-0.2, -0.15) is 0 Å². The third-order valence-electron chi connectivity index (χ3n) is 3.68. The molecule has 0 bridgehead atoms. The van der Waals surface area contributed by atoms with Crippen LogP contribution in [-0.4, -0.2) is 46.2 Å². The molecule has 0 unspecified atom stereocenters. The Morgan fingerprint density at radius 2 is 1.64 bits per heavy atom. The molecule has 0 aliphatic rings. The zero-order chi connectivity index (χ0) is 19.6. The Labute approximate surface area is 190 Å². The molecule has 0 fully saturated rings. The highest BCUT2D eigenvalue weighted by atomic mass is 127. The van der Waals surface area contributed by atoms with Gasteiger partial charge < -0.3 is 25.4 Å². The van der Waals surface area contributed by atoms with Crippen LogP contribution in [-0.2, 0) is 0 Å². The first-order chi connectivity index (χ1) is 13.1. The van der Waals surface area contributed by atoms with Crippen LogP contribution < -0.4 is 25.4 Å². The molecule has 0 saturated heterocycles. The Bertz CT molecular complexity index is 800. The molecule has 0 heterocycles.